The molecule has 0 amide bonds. The van der Waals surface area contributed by atoms with Gasteiger partial charge in [-0.2, -0.15) is 26.3 Å². The van der Waals surface area contributed by atoms with Crippen LogP contribution in [0.3, 0.4) is 0 Å². The highest BCUT2D eigenvalue weighted by atomic mass is 127. The van der Waals surface area contributed by atoms with Crippen LogP contribution in [-0.2, 0) is 12.4 Å². The lowest BCUT2D eigenvalue weighted by Gasteiger charge is -2.25. The van der Waals surface area contributed by atoms with Crippen molar-refractivity contribution in [2.45, 2.75) is 49.4 Å². The maximum Gasteiger partial charge on any atom is 0.416 e. The van der Waals surface area contributed by atoms with E-state index in [1.807, 2.05) is 6.92 Å². The van der Waals surface area contributed by atoms with Gasteiger partial charge in [-0.1, -0.05) is 43.4 Å². The van der Waals surface area contributed by atoms with Crippen LogP contribution in [0, 0.1) is 5.92 Å². The first kappa shape index (κ1) is 19.6. The summed E-state index contributed by atoms with van der Waals surface area (Å²) in [6, 6.07) is 1.87. The van der Waals surface area contributed by atoms with Gasteiger partial charge in [0, 0.05) is 3.92 Å². The van der Waals surface area contributed by atoms with Crippen molar-refractivity contribution in [3.8, 4) is 0 Å². The molecule has 7 heteroatoms. The lowest BCUT2D eigenvalue weighted by atomic mass is 9.83. The van der Waals surface area contributed by atoms with Crippen LogP contribution in [-0.4, -0.2) is 3.92 Å². The van der Waals surface area contributed by atoms with Crippen LogP contribution in [0.5, 0.6) is 0 Å². The van der Waals surface area contributed by atoms with E-state index in [4.69, 9.17) is 0 Å². The molecule has 22 heavy (non-hydrogen) atoms. The summed E-state index contributed by atoms with van der Waals surface area (Å²) in [5, 5.41) is 0. The number of rotatable bonds is 4. The van der Waals surface area contributed by atoms with Crippen molar-refractivity contribution in [2.75, 3.05) is 0 Å². The predicted molar refractivity (Wildman–Crippen MR) is 82.1 cm³/mol. The second-order valence-electron chi connectivity index (χ2n) is 5.71. The summed E-state index contributed by atoms with van der Waals surface area (Å²) in [5.74, 6) is -0.405. The Morgan fingerprint density at radius 1 is 0.864 bits per heavy atom. The maximum atomic E-state index is 12.9. The van der Waals surface area contributed by atoms with Gasteiger partial charge in [0.05, 0.1) is 11.1 Å². The van der Waals surface area contributed by atoms with Crippen LogP contribution in [0.2, 0.25) is 0 Å². The minimum absolute atomic E-state index is 0.0539. The van der Waals surface area contributed by atoms with Gasteiger partial charge in [-0.15, -0.1) is 0 Å². The fourth-order valence-corrected chi connectivity index (χ4v) is 2.88. The molecule has 0 spiro atoms. The molecule has 0 aromatic heterocycles. The molecule has 0 heterocycles. The van der Waals surface area contributed by atoms with E-state index < -0.39 is 23.5 Å². The Morgan fingerprint density at radius 3 is 1.55 bits per heavy atom. The largest absolute Gasteiger partial charge is 0.416 e. The van der Waals surface area contributed by atoms with Gasteiger partial charge >= 0.3 is 12.4 Å². The molecule has 0 aliphatic carbocycles. The number of benzene rings is 1. The maximum absolute atomic E-state index is 12.9. The third-order valence-electron chi connectivity index (χ3n) is 3.42. The fourth-order valence-electron chi connectivity index (χ4n) is 2.34. The highest BCUT2D eigenvalue weighted by Crippen LogP contribution is 2.40. The van der Waals surface area contributed by atoms with E-state index in [9.17, 15) is 26.3 Å². The van der Waals surface area contributed by atoms with Crippen LogP contribution in [0.15, 0.2) is 18.2 Å². The summed E-state index contributed by atoms with van der Waals surface area (Å²) in [5.41, 5.74) is -2.39. The molecule has 1 aromatic carbocycles. The lowest BCUT2D eigenvalue weighted by molar-refractivity contribution is -0.143. The van der Waals surface area contributed by atoms with Gasteiger partial charge in [0.25, 0.3) is 0 Å². The van der Waals surface area contributed by atoms with Crippen molar-refractivity contribution >= 4 is 22.6 Å². The molecule has 0 aliphatic rings. The molecule has 1 aromatic rings. The number of hydrogen-bond acceptors (Lipinski definition) is 0. The Bertz CT molecular complexity index is 469. The Kier molecular flexibility index (Phi) is 6.20. The van der Waals surface area contributed by atoms with Gasteiger partial charge in [-0.3, -0.25) is 0 Å². The molecule has 0 N–H and O–H groups in total. The van der Waals surface area contributed by atoms with Crippen molar-refractivity contribution in [1.82, 2.24) is 0 Å². The van der Waals surface area contributed by atoms with Gasteiger partial charge in [0.2, 0.25) is 0 Å². The van der Waals surface area contributed by atoms with E-state index in [1.54, 1.807) is 13.8 Å². The van der Waals surface area contributed by atoms with Crippen molar-refractivity contribution in [3.05, 3.63) is 34.9 Å². The summed E-state index contributed by atoms with van der Waals surface area (Å²) in [7, 11) is 0. The van der Waals surface area contributed by atoms with Crippen molar-refractivity contribution in [3.63, 3.8) is 0 Å². The van der Waals surface area contributed by atoms with E-state index in [0.717, 1.165) is 12.1 Å². The molecule has 1 rings (SSSR count). The molecule has 2 atom stereocenters. The Morgan fingerprint density at radius 2 is 1.27 bits per heavy atom. The Balaban J connectivity index is 3.45. The second kappa shape index (κ2) is 6.97. The predicted octanol–water partition coefficient (Wildman–Crippen LogP) is 6.68. The first-order valence-electron chi connectivity index (χ1n) is 6.75. The van der Waals surface area contributed by atoms with E-state index in [2.05, 4.69) is 22.6 Å². The third kappa shape index (κ3) is 5.31. The van der Waals surface area contributed by atoms with Crippen LogP contribution in [0.4, 0.5) is 26.3 Å². The molecule has 0 saturated heterocycles. The molecule has 126 valence electrons. The van der Waals surface area contributed by atoms with Crippen LogP contribution in [0.1, 0.15) is 49.8 Å². The van der Waals surface area contributed by atoms with Gasteiger partial charge in [0.1, 0.15) is 0 Å². The van der Waals surface area contributed by atoms with Gasteiger partial charge in [0.15, 0.2) is 0 Å². The summed E-state index contributed by atoms with van der Waals surface area (Å²) in [6.07, 6.45) is -9.07. The smallest absolute Gasteiger partial charge is 0.166 e. The summed E-state index contributed by atoms with van der Waals surface area (Å²) in [6.45, 7) is 5.49. The van der Waals surface area contributed by atoms with E-state index in [1.165, 1.54) is 0 Å². The molecular weight excluding hydrogens is 421 g/mol. The highest BCUT2D eigenvalue weighted by Gasteiger charge is 2.37. The molecule has 0 saturated carbocycles. The van der Waals surface area contributed by atoms with Crippen molar-refractivity contribution in [2.24, 2.45) is 5.92 Å². The average molecular weight is 438 g/mol. The van der Waals surface area contributed by atoms with Gasteiger partial charge in [-0.25, -0.2) is 0 Å². The number of hydrogen-bond donors (Lipinski definition) is 0. The van der Waals surface area contributed by atoms with E-state index in [-0.39, 0.29) is 27.4 Å². The summed E-state index contributed by atoms with van der Waals surface area (Å²) in [4.78, 5) is 0. The zero-order chi connectivity index (χ0) is 17.3. The monoisotopic (exact) mass is 438 g/mol. The molecule has 0 nitrogen and oxygen atoms in total. The lowest BCUT2D eigenvalue weighted by Crippen LogP contribution is -2.16. The summed E-state index contributed by atoms with van der Waals surface area (Å²) < 4.78 is 77.5. The normalized spacial score (nSPS) is 16.0. The Labute approximate surface area is 139 Å². The van der Waals surface area contributed by atoms with Crippen LogP contribution < -0.4 is 0 Å². The quantitative estimate of drug-likeness (QED) is 0.280. The molecule has 0 aliphatic heterocycles. The molecule has 0 bridgehead atoms. The zero-order valence-electron chi connectivity index (χ0n) is 12.3. The first-order chi connectivity index (χ1) is 9.82. The van der Waals surface area contributed by atoms with E-state index >= 15 is 0 Å². The third-order valence-corrected chi connectivity index (χ3v) is 3.93. The van der Waals surface area contributed by atoms with Gasteiger partial charge < -0.3 is 0 Å². The summed E-state index contributed by atoms with van der Waals surface area (Å²) >= 11 is 2.12. The van der Waals surface area contributed by atoms with Crippen molar-refractivity contribution in [1.29, 1.82) is 0 Å². The Hall–Kier alpha value is -0.470. The fraction of sp³-hybridized carbons (Fsp3) is 0.600. The first-order valence-corrected chi connectivity index (χ1v) is 8.00. The SMILES string of the molecule is CC(I)CC(c1cc(C(F)(F)F)cc(C(F)(F)F)c1)C(C)C. The second-order valence-corrected chi connectivity index (χ2v) is 7.83. The van der Waals surface area contributed by atoms with Crippen molar-refractivity contribution < 1.29 is 26.3 Å². The van der Waals surface area contributed by atoms with Gasteiger partial charge in [-0.05, 0) is 42.0 Å². The molecular formula is C15H17F6I. The van der Waals surface area contributed by atoms with Crippen LogP contribution >= 0.6 is 22.6 Å². The number of halogens is 7. The van der Waals surface area contributed by atoms with Crippen LogP contribution in [0.25, 0.3) is 0 Å². The molecule has 2 unspecified atom stereocenters. The average Bonchev–Trinajstić information content (AvgIpc) is 2.32. The van der Waals surface area contributed by atoms with E-state index in [0.29, 0.717) is 6.42 Å². The highest BCUT2D eigenvalue weighted by molar-refractivity contribution is 14.1. The minimum Gasteiger partial charge on any atom is -0.166 e. The minimum atomic E-state index is -4.80. The topological polar surface area (TPSA) is 0 Å². The number of alkyl halides is 7. The molecule has 0 radical (unpaired) electrons. The standard InChI is InChI=1S/C15H17F6I/c1-8(2)13(4-9(3)22)10-5-11(14(16,17)18)7-12(6-10)15(19,20)21/h5-9,13H,4H2,1-3H3. The molecule has 0 fully saturated rings. The zero-order valence-corrected chi connectivity index (χ0v) is 14.5.